The fraction of sp³-hybridized carbons (Fsp3) is 0.875. The summed E-state index contributed by atoms with van der Waals surface area (Å²) in [5.74, 6) is 0.108. The number of carbonyl (C=O) groups is 2. The van der Waals surface area contributed by atoms with Crippen LogP contribution in [-0.2, 0) is 14.3 Å². The molecule has 1 amide bonds. The van der Waals surface area contributed by atoms with Crippen molar-refractivity contribution in [2.45, 2.75) is 85.0 Å². The minimum absolute atomic E-state index is 0.0261. The van der Waals surface area contributed by atoms with E-state index in [-0.39, 0.29) is 41.3 Å². The highest BCUT2D eigenvalue weighted by molar-refractivity contribution is 5.88. The molecule has 0 spiro atoms. The Morgan fingerprint density at radius 1 is 1.05 bits per heavy atom. The first-order valence-electron chi connectivity index (χ1n) is 7.48. The third kappa shape index (κ3) is 6.04. The predicted molar refractivity (Wildman–Crippen MR) is 79.5 cm³/mol. The highest BCUT2D eigenvalue weighted by Gasteiger charge is 2.33. The number of carbonyl (C=O) groups excluding carboxylic acids is 2. The molecule has 0 radical (unpaired) electrons. The largest absolute Gasteiger partial charge is 0.372 e. The Labute approximate surface area is 122 Å². The zero-order valence-electron chi connectivity index (χ0n) is 13.7. The lowest BCUT2D eigenvalue weighted by molar-refractivity contribution is -0.132. The van der Waals surface area contributed by atoms with E-state index in [1.54, 1.807) is 0 Å². The Kier molecular flexibility index (Phi) is 5.36. The maximum absolute atomic E-state index is 11.8. The number of hydrogen-bond donors (Lipinski definition) is 1. The lowest BCUT2D eigenvalue weighted by atomic mass is 9.87. The lowest BCUT2D eigenvalue weighted by Crippen LogP contribution is -2.49. The van der Waals surface area contributed by atoms with E-state index in [2.05, 4.69) is 5.32 Å². The maximum atomic E-state index is 11.8. The van der Waals surface area contributed by atoms with Gasteiger partial charge in [-0.15, -0.1) is 0 Å². The van der Waals surface area contributed by atoms with Crippen molar-refractivity contribution in [3.8, 4) is 0 Å². The standard InChI is InChI=1S/C16H29NO3/c1-15(2,3)13(18)7-8-14(19)17-11-9-12(10-11)20-16(4,5)6/h11-12H,7-10H2,1-6H3,(H,17,19). The van der Waals surface area contributed by atoms with E-state index in [1.807, 2.05) is 41.5 Å². The molecule has 4 nitrogen and oxygen atoms in total. The van der Waals surface area contributed by atoms with Crippen molar-refractivity contribution >= 4 is 11.7 Å². The van der Waals surface area contributed by atoms with Crippen LogP contribution in [0.3, 0.4) is 0 Å². The van der Waals surface area contributed by atoms with Gasteiger partial charge in [0.2, 0.25) is 5.91 Å². The van der Waals surface area contributed by atoms with Gasteiger partial charge in [0.05, 0.1) is 11.7 Å². The lowest BCUT2D eigenvalue weighted by Gasteiger charge is -2.39. The number of amides is 1. The molecule has 1 saturated carbocycles. The molecule has 0 bridgehead atoms. The molecule has 116 valence electrons. The Morgan fingerprint density at radius 2 is 1.60 bits per heavy atom. The van der Waals surface area contributed by atoms with Gasteiger partial charge in [0.25, 0.3) is 0 Å². The van der Waals surface area contributed by atoms with Crippen molar-refractivity contribution in [3.05, 3.63) is 0 Å². The summed E-state index contributed by atoms with van der Waals surface area (Å²) in [6.45, 7) is 11.8. The third-order valence-electron chi connectivity index (χ3n) is 3.40. The maximum Gasteiger partial charge on any atom is 0.220 e. The molecule has 0 aliphatic heterocycles. The molecule has 0 unspecified atom stereocenters. The van der Waals surface area contributed by atoms with Crippen LogP contribution in [0.25, 0.3) is 0 Å². The predicted octanol–water partition coefficient (Wildman–Crippen LogP) is 2.84. The Hall–Kier alpha value is -0.900. The molecule has 1 fully saturated rings. The first-order chi connectivity index (χ1) is 8.97. The van der Waals surface area contributed by atoms with Crippen molar-refractivity contribution in [2.24, 2.45) is 5.41 Å². The molecule has 0 heterocycles. The summed E-state index contributed by atoms with van der Waals surface area (Å²) in [5, 5.41) is 2.97. The van der Waals surface area contributed by atoms with Crippen LogP contribution in [0.5, 0.6) is 0 Å². The van der Waals surface area contributed by atoms with Gasteiger partial charge in [-0.05, 0) is 33.6 Å². The molecular weight excluding hydrogens is 254 g/mol. The van der Waals surface area contributed by atoms with Gasteiger partial charge in [0.1, 0.15) is 5.78 Å². The van der Waals surface area contributed by atoms with Gasteiger partial charge in [-0.2, -0.15) is 0 Å². The van der Waals surface area contributed by atoms with Crippen LogP contribution < -0.4 is 5.32 Å². The number of ether oxygens (including phenoxy) is 1. The summed E-state index contributed by atoms with van der Waals surface area (Å²) in [7, 11) is 0. The summed E-state index contributed by atoms with van der Waals surface area (Å²) >= 11 is 0. The summed E-state index contributed by atoms with van der Waals surface area (Å²) in [6.07, 6.45) is 2.60. The number of rotatable bonds is 5. The van der Waals surface area contributed by atoms with Crippen molar-refractivity contribution in [1.29, 1.82) is 0 Å². The Balaban J connectivity index is 2.18. The quantitative estimate of drug-likeness (QED) is 0.844. The van der Waals surface area contributed by atoms with E-state index in [0.717, 1.165) is 12.8 Å². The highest BCUT2D eigenvalue weighted by Crippen LogP contribution is 2.27. The summed E-state index contributed by atoms with van der Waals surface area (Å²) in [5.41, 5.74) is -0.485. The number of ketones is 1. The zero-order valence-corrected chi connectivity index (χ0v) is 13.7. The van der Waals surface area contributed by atoms with Crippen molar-refractivity contribution in [2.75, 3.05) is 0 Å². The van der Waals surface area contributed by atoms with Crippen LogP contribution in [0.1, 0.15) is 67.2 Å². The molecule has 0 saturated heterocycles. The molecular formula is C16H29NO3. The Morgan fingerprint density at radius 3 is 2.05 bits per heavy atom. The summed E-state index contributed by atoms with van der Waals surface area (Å²) in [4.78, 5) is 23.5. The van der Waals surface area contributed by atoms with Gasteiger partial charge in [0.15, 0.2) is 0 Å². The number of nitrogens with one attached hydrogen (secondary N) is 1. The van der Waals surface area contributed by atoms with Gasteiger partial charge in [0, 0.05) is 24.3 Å². The number of Topliss-reactive ketones (excluding diaryl/α,β-unsaturated/α-hetero) is 1. The average molecular weight is 283 g/mol. The average Bonchev–Trinajstić information content (AvgIpc) is 2.19. The zero-order chi connectivity index (χ0) is 15.6. The summed E-state index contributed by atoms with van der Waals surface area (Å²) < 4.78 is 5.82. The van der Waals surface area contributed by atoms with Crippen LogP contribution in [0.2, 0.25) is 0 Å². The Bertz CT molecular complexity index is 357. The van der Waals surface area contributed by atoms with Gasteiger partial charge >= 0.3 is 0 Å². The summed E-state index contributed by atoms with van der Waals surface area (Å²) in [6, 6.07) is 0.208. The molecule has 0 aromatic heterocycles. The first kappa shape index (κ1) is 17.2. The second kappa shape index (κ2) is 6.25. The molecule has 20 heavy (non-hydrogen) atoms. The van der Waals surface area contributed by atoms with E-state index in [1.165, 1.54) is 0 Å². The van der Waals surface area contributed by atoms with Crippen LogP contribution in [0.15, 0.2) is 0 Å². The van der Waals surface area contributed by atoms with Gasteiger partial charge < -0.3 is 10.1 Å². The van der Waals surface area contributed by atoms with E-state index in [4.69, 9.17) is 4.74 Å². The number of hydrogen-bond acceptors (Lipinski definition) is 3. The topological polar surface area (TPSA) is 55.4 Å². The third-order valence-corrected chi connectivity index (χ3v) is 3.40. The van der Waals surface area contributed by atoms with E-state index in [9.17, 15) is 9.59 Å². The second-order valence-corrected chi connectivity index (χ2v) is 7.76. The molecule has 1 N–H and O–H groups in total. The second-order valence-electron chi connectivity index (χ2n) is 7.76. The monoisotopic (exact) mass is 283 g/mol. The SMILES string of the molecule is CC(C)(C)OC1CC(NC(=O)CCC(=O)C(C)(C)C)C1. The van der Waals surface area contributed by atoms with Gasteiger partial charge in [-0.25, -0.2) is 0 Å². The van der Waals surface area contributed by atoms with Crippen molar-refractivity contribution < 1.29 is 14.3 Å². The molecule has 0 aromatic rings. The molecule has 0 atom stereocenters. The minimum Gasteiger partial charge on any atom is -0.372 e. The van der Waals surface area contributed by atoms with Gasteiger partial charge in [-0.1, -0.05) is 20.8 Å². The molecule has 0 aromatic carbocycles. The molecule has 1 rings (SSSR count). The van der Waals surface area contributed by atoms with E-state index < -0.39 is 0 Å². The first-order valence-corrected chi connectivity index (χ1v) is 7.48. The van der Waals surface area contributed by atoms with Crippen LogP contribution in [0.4, 0.5) is 0 Å². The fourth-order valence-corrected chi connectivity index (χ4v) is 2.18. The van der Waals surface area contributed by atoms with E-state index >= 15 is 0 Å². The molecule has 4 heteroatoms. The smallest absolute Gasteiger partial charge is 0.220 e. The van der Waals surface area contributed by atoms with Crippen LogP contribution in [-0.4, -0.2) is 29.4 Å². The van der Waals surface area contributed by atoms with E-state index in [0.29, 0.717) is 6.42 Å². The molecule has 1 aliphatic rings. The van der Waals surface area contributed by atoms with Gasteiger partial charge in [-0.3, -0.25) is 9.59 Å². The van der Waals surface area contributed by atoms with Crippen LogP contribution in [0, 0.1) is 5.41 Å². The normalized spacial score (nSPS) is 23.1. The molecule has 1 aliphatic carbocycles. The van der Waals surface area contributed by atoms with Crippen molar-refractivity contribution in [1.82, 2.24) is 5.32 Å². The highest BCUT2D eigenvalue weighted by atomic mass is 16.5. The van der Waals surface area contributed by atoms with Crippen molar-refractivity contribution in [3.63, 3.8) is 0 Å². The van der Waals surface area contributed by atoms with Crippen LogP contribution >= 0.6 is 0 Å². The fourth-order valence-electron chi connectivity index (χ4n) is 2.18. The minimum atomic E-state index is -0.359.